The summed E-state index contributed by atoms with van der Waals surface area (Å²) in [5.74, 6) is -1.28. The number of aromatic nitrogens is 3. The molecule has 3 atom stereocenters. The van der Waals surface area contributed by atoms with Gasteiger partial charge in [-0.3, -0.25) is 19.7 Å². The van der Waals surface area contributed by atoms with Crippen LogP contribution in [0.15, 0.2) is 6.20 Å². The van der Waals surface area contributed by atoms with Crippen LogP contribution in [0.3, 0.4) is 0 Å². The number of fused-ring (bicyclic) bond motifs is 1. The monoisotopic (exact) mass is 578 g/mol. The smallest absolute Gasteiger partial charge is 0.308 e. The summed E-state index contributed by atoms with van der Waals surface area (Å²) < 4.78 is 19.7. The lowest BCUT2D eigenvalue weighted by molar-refractivity contribution is -0.162. The highest BCUT2D eigenvalue weighted by Gasteiger charge is 2.41. The van der Waals surface area contributed by atoms with Gasteiger partial charge in [-0.2, -0.15) is 9.97 Å². The maximum Gasteiger partial charge on any atom is 0.308 e. The van der Waals surface area contributed by atoms with Crippen LogP contribution in [-0.2, 0) is 28.6 Å². The van der Waals surface area contributed by atoms with E-state index in [-0.39, 0.29) is 41.5 Å². The topological polar surface area (TPSA) is 122 Å². The number of nitrogens with one attached hydrogen (secondary N) is 1. The maximum absolute atomic E-state index is 12.2. The molecule has 12 heteroatoms. The highest BCUT2D eigenvalue weighted by molar-refractivity contribution is 14.1. The van der Waals surface area contributed by atoms with Crippen molar-refractivity contribution in [2.24, 2.45) is 11.8 Å². The van der Waals surface area contributed by atoms with E-state index in [9.17, 15) is 14.4 Å². The standard InChI is InChI=1S/C20H24ClIN4O6/c1-9(2)18(28)30-7-13-12(32-19(29)10(3)4)5-14(31-13)26-6-11(22)15-16(21)24-20(23-8-27)25-17(15)26/h6,8-10,12-14H,5,7H2,1-4H3,(H,23,24,25,27)/t12-,13+,14+/m0/s1. The molecule has 1 saturated heterocycles. The molecule has 0 radical (unpaired) electrons. The lowest BCUT2D eigenvalue weighted by Crippen LogP contribution is -2.33. The SMILES string of the molecule is CC(C)C(=O)OC[C@H]1O[C@@H](n2cc(I)c3c(Cl)nc(NC=O)nc32)C[C@@H]1OC(=O)C(C)C. The zero-order valence-electron chi connectivity index (χ0n) is 18.0. The molecule has 1 aliphatic rings. The average Bonchev–Trinajstić information content (AvgIpc) is 3.27. The van der Waals surface area contributed by atoms with Crippen molar-refractivity contribution in [1.82, 2.24) is 14.5 Å². The Hall–Kier alpha value is -1.99. The molecule has 2 aromatic heterocycles. The van der Waals surface area contributed by atoms with Crippen molar-refractivity contribution in [3.05, 3.63) is 14.9 Å². The van der Waals surface area contributed by atoms with Crippen LogP contribution in [0.4, 0.5) is 5.95 Å². The van der Waals surface area contributed by atoms with Crippen molar-refractivity contribution in [2.45, 2.75) is 52.6 Å². The number of anilines is 1. The summed E-state index contributed by atoms with van der Waals surface area (Å²) >= 11 is 8.42. The zero-order chi connectivity index (χ0) is 23.6. The summed E-state index contributed by atoms with van der Waals surface area (Å²) in [4.78, 5) is 43.5. The third-order valence-corrected chi connectivity index (χ3v) is 5.95. The molecule has 2 aromatic rings. The van der Waals surface area contributed by atoms with Crippen molar-refractivity contribution in [2.75, 3.05) is 11.9 Å². The minimum absolute atomic E-state index is 0.0481. The molecule has 3 heterocycles. The Morgan fingerprint density at radius 2 is 2.00 bits per heavy atom. The Kier molecular flexibility index (Phi) is 7.93. The molecule has 1 fully saturated rings. The van der Waals surface area contributed by atoms with E-state index in [2.05, 4.69) is 37.9 Å². The normalized spacial score (nSPS) is 20.7. The number of amides is 1. The van der Waals surface area contributed by atoms with Crippen molar-refractivity contribution in [1.29, 1.82) is 0 Å². The van der Waals surface area contributed by atoms with E-state index in [0.29, 0.717) is 23.9 Å². The van der Waals surface area contributed by atoms with Gasteiger partial charge in [0.1, 0.15) is 35.8 Å². The molecule has 0 bridgehead atoms. The van der Waals surface area contributed by atoms with Crippen LogP contribution in [0.1, 0.15) is 40.3 Å². The maximum atomic E-state index is 12.2. The molecule has 1 N–H and O–H groups in total. The molecule has 10 nitrogen and oxygen atoms in total. The fourth-order valence-electron chi connectivity index (χ4n) is 3.16. The molecule has 0 spiro atoms. The minimum Gasteiger partial charge on any atom is -0.463 e. The first-order chi connectivity index (χ1) is 15.1. The van der Waals surface area contributed by atoms with E-state index >= 15 is 0 Å². The molecule has 32 heavy (non-hydrogen) atoms. The number of ether oxygens (including phenoxy) is 3. The highest BCUT2D eigenvalue weighted by atomic mass is 127. The summed E-state index contributed by atoms with van der Waals surface area (Å²) in [5, 5.41) is 3.19. The van der Waals surface area contributed by atoms with E-state index in [0.717, 1.165) is 3.57 Å². The average molecular weight is 579 g/mol. The molecule has 1 aliphatic heterocycles. The Balaban J connectivity index is 1.91. The van der Waals surface area contributed by atoms with Gasteiger partial charge in [0.15, 0.2) is 0 Å². The van der Waals surface area contributed by atoms with Crippen LogP contribution >= 0.6 is 34.2 Å². The van der Waals surface area contributed by atoms with Crippen molar-refractivity contribution < 1.29 is 28.6 Å². The lowest BCUT2D eigenvalue weighted by atomic mass is 10.1. The second-order valence-corrected chi connectivity index (χ2v) is 9.48. The first kappa shape index (κ1) is 24.6. The fraction of sp³-hybridized carbons (Fsp3) is 0.550. The van der Waals surface area contributed by atoms with E-state index in [1.807, 2.05) is 0 Å². The molecule has 0 unspecified atom stereocenters. The molecule has 0 aromatic carbocycles. The van der Waals surface area contributed by atoms with E-state index in [1.165, 1.54) is 0 Å². The Morgan fingerprint density at radius 3 is 2.62 bits per heavy atom. The summed E-state index contributed by atoms with van der Waals surface area (Å²) in [6.45, 7) is 6.91. The first-order valence-corrected chi connectivity index (χ1v) is 11.5. The number of hydrogen-bond donors (Lipinski definition) is 1. The van der Waals surface area contributed by atoms with Gasteiger partial charge in [-0.15, -0.1) is 0 Å². The molecule has 174 valence electrons. The van der Waals surface area contributed by atoms with Gasteiger partial charge in [0, 0.05) is 16.2 Å². The van der Waals surface area contributed by atoms with Gasteiger partial charge in [-0.25, -0.2) is 0 Å². The first-order valence-electron chi connectivity index (χ1n) is 10.1. The van der Waals surface area contributed by atoms with Crippen LogP contribution in [0.25, 0.3) is 11.0 Å². The predicted octanol–water partition coefficient (Wildman–Crippen LogP) is 3.31. The Morgan fingerprint density at radius 1 is 1.31 bits per heavy atom. The minimum atomic E-state index is -0.648. The Labute approximate surface area is 203 Å². The van der Waals surface area contributed by atoms with Gasteiger partial charge < -0.3 is 18.8 Å². The molecular weight excluding hydrogens is 555 g/mol. The van der Waals surface area contributed by atoms with Crippen molar-refractivity contribution >= 4 is 69.5 Å². The molecule has 0 saturated carbocycles. The summed E-state index contributed by atoms with van der Waals surface area (Å²) in [5.41, 5.74) is 0.456. The number of carbonyl (C=O) groups excluding carboxylic acids is 3. The largest absolute Gasteiger partial charge is 0.463 e. The molecule has 0 aliphatic carbocycles. The van der Waals surface area contributed by atoms with Gasteiger partial charge >= 0.3 is 11.9 Å². The highest BCUT2D eigenvalue weighted by Crippen LogP contribution is 2.37. The van der Waals surface area contributed by atoms with Crippen LogP contribution in [0, 0.1) is 15.4 Å². The summed E-state index contributed by atoms with van der Waals surface area (Å²) in [7, 11) is 0. The molecule has 3 rings (SSSR count). The second-order valence-electron chi connectivity index (χ2n) is 7.96. The van der Waals surface area contributed by atoms with Crippen LogP contribution in [0.5, 0.6) is 0 Å². The van der Waals surface area contributed by atoms with Crippen molar-refractivity contribution in [3.63, 3.8) is 0 Å². The zero-order valence-corrected chi connectivity index (χ0v) is 20.9. The fourth-order valence-corrected chi connectivity index (χ4v) is 4.38. The van der Waals surface area contributed by atoms with Crippen LogP contribution in [0.2, 0.25) is 5.15 Å². The van der Waals surface area contributed by atoms with Crippen LogP contribution < -0.4 is 5.32 Å². The molecule has 1 amide bonds. The Bertz CT molecular complexity index is 1030. The van der Waals surface area contributed by atoms with Crippen LogP contribution in [-0.4, -0.2) is 51.7 Å². The van der Waals surface area contributed by atoms with E-state index in [1.54, 1.807) is 38.5 Å². The van der Waals surface area contributed by atoms with Gasteiger partial charge in [-0.1, -0.05) is 39.3 Å². The number of rotatable bonds is 8. The third kappa shape index (κ3) is 5.31. The number of halogens is 2. The van der Waals surface area contributed by atoms with E-state index < -0.39 is 18.4 Å². The van der Waals surface area contributed by atoms with Gasteiger partial charge in [-0.05, 0) is 22.6 Å². The van der Waals surface area contributed by atoms with Gasteiger partial charge in [0.25, 0.3) is 0 Å². The lowest BCUT2D eigenvalue weighted by Gasteiger charge is -2.20. The quantitative estimate of drug-likeness (QED) is 0.219. The second kappa shape index (κ2) is 10.3. The number of hydrogen-bond acceptors (Lipinski definition) is 8. The molecular formula is C20H24ClIN4O6. The van der Waals surface area contributed by atoms with Crippen molar-refractivity contribution in [3.8, 4) is 0 Å². The number of carbonyl (C=O) groups is 3. The number of esters is 2. The summed E-state index contributed by atoms with van der Waals surface area (Å²) in [6.07, 6.45) is 0.747. The predicted molar refractivity (Wildman–Crippen MR) is 124 cm³/mol. The van der Waals surface area contributed by atoms with Gasteiger partial charge in [0.2, 0.25) is 12.4 Å². The van der Waals surface area contributed by atoms with E-state index in [4.69, 9.17) is 25.8 Å². The van der Waals surface area contributed by atoms with Gasteiger partial charge in [0.05, 0.1) is 17.2 Å². The third-order valence-electron chi connectivity index (χ3n) is 4.86. The number of nitrogens with zero attached hydrogens (tertiary/aromatic N) is 3. The summed E-state index contributed by atoms with van der Waals surface area (Å²) in [6, 6.07) is 0.